The molecule has 0 rings (SSSR count). The Kier molecular flexibility index (Phi) is 7.41. The number of nitrogens with zero attached hydrogens (tertiary/aromatic N) is 1. The van der Waals surface area contributed by atoms with Gasteiger partial charge in [0, 0.05) is 5.41 Å². The van der Waals surface area contributed by atoms with Crippen LogP contribution in [0, 0.1) is 10.8 Å². The van der Waals surface area contributed by atoms with Gasteiger partial charge in [0.15, 0.2) is 0 Å². The molecule has 0 saturated heterocycles. The molecule has 0 fully saturated rings. The van der Waals surface area contributed by atoms with E-state index in [1.165, 1.54) is 4.90 Å². The fourth-order valence-electron chi connectivity index (χ4n) is 1.88. The van der Waals surface area contributed by atoms with Gasteiger partial charge < -0.3 is 5.73 Å². The lowest BCUT2D eigenvalue weighted by atomic mass is 9.86. The first kappa shape index (κ1) is 18.2. The highest BCUT2D eigenvalue weighted by atomic mass is 19.4. The van der Waals surface area contributed by atoms with E-state index in [1.54, 1.807) is 0 Å². The number of rotatable bonds is 9. The normalized spacial score (nSPS) is 13.0. The standard InChI is InChI=1S/C13H26F3N3/c1-4-8-19(10-13(14,15)16)9-6-5-7-12(2,3)11(17)18/h4-10H2,1-3H3,(H3,17,18). The van der Waals surface area contributed by atoms with Gasteiger partial charge in [-0.2, -0.15) is 13.2 Å². The molecule has 0 spiro atoms. The van der Waals surface area contributed by atoms with Crippen LogP contribution in [0.1, 0.15) is 46.5 Å². The van der Waals surface area contributed by atoms with Crippen LogP contribution in [0.15, 0.2) is 0 Å². The summed E-state index contributed by atoms with van der Waals surface area (Å²) in [5.74, 6) is 0.133. The number of hydrogen-bond donors (Lipinski definition) is 2. The van der Waals surface area contributed by atoms with Crippen molar-refractivity contribution in [3.8, 4) is 0 Å². The van der Waals surface area contributed by atoms with E-state index in [-0.39, 0.29) is 11.3 Å². The number of halogens is 3. The molecule has 0 aromatic rings. The summed E-state index contributed by atoms with van der Waals surface area (Å²) >= 11 is 0. The molecule has 3 nitrogen and oxygen atoms in total. The predicted octanol–water partition coefficient (Wildman–Crippen LogP) is 3.39. The van der Waals surface area contributed by atoms with E-state index in [9.17, 15) is 13.2 Å². The van der Waals surface area contributed by atoms with Crippen LogP contribution in [0.25, 0.3) is 0 Å². The molecule has 0 radical (unpaired) electrons. The average molecular weight is 281 g/mol. The molecule has 0 aliphatic rings. The van der Waals surface area contributed by atoms with E-state index in [1.807, 2.05) is 20.8 Å². The van der Waals surface area contributed by atoms with Crippen molar-refractivity contribution in [2.24, 2.45) is 11.1 Å². The third-order valence-electron chi connectivity index (χ3n) is 3.20. The minimum atomic E-state index is -4.13. The predicted molar refractivity (Wildman–Crippen MR) is 72.3 cm³/mol. The Morgan fingerprint density at radius 2 is 1.74 bits per heavy atom. The highest BCUT2D eigenvalue weighted by molar-refractivity contribution is 5.82. The van der Waals surface area contributed by atoms with Gasteiger partial charge in [0.2, 0.25) is 0 Å². The van der Waals surface area contributed by atoms with Gasteiger partial charge in [-0.25, -0.2) is 0 Å². The highest BCUT2D eigenvalue weighted by Gasteiger charge is 2.30. The molecule has 6 heteroatoms. The molecule has 114 valence electrons. The average Bonchev–Trinajstić information content (AvgIpc) is 2.22. The summed E-state index contributed by atoms with van der Waals surface area (Å²) in [7, 11) is 0. The van der Waals surface area contributed by atoms with Crippen LogP contribution in [0.4, 0.5) is 13.2 Å². The van der Waals surface area contributed by atoms with Crippen LogP contribution in [0.2, 0.25) is 0 Å². The van der Waals surface area contributed by atoms with Crippen LogP contribution < -0.4 is 5.73 Å². The van der Waals surface area contributed by atoms with Crippen molar-refractivity contribution in [2.45, 2.75) is 52.6 Å². The minimum absolute atomic E-state index is 0.133. The van der Waals surface area contributed by atoms with Gasteiger partial charge >= 0.3 is 6.18 Å². The molecule has 0 aromatic heterocycles. The fraction of sp³-hybridized carbons (Fsp3) is 0.923. The zero-order valence-electron chi connectivity index (χ0n) is 12.1. The molecule has 0 atom stereocenters. The first-order valence-electron chi connectivity index (χ1n) is 6.72. The zero-order valence-corrected chi connectivity index (χ0v) is 12.1. The number of hydrogen-bond acceptors (Lipinski definition) is 2. The Hall–Kier alpha value is -0.780. The van der Waals surface area contributed by atoms with Crippen LogP contribution in [-0.2, 0) is 0 Å². The van der Waals surface area contributed by atoms with Crippen LogP contribution in [-0.4, -0.2) is 36.5 Å². The van der Waals surface area contributed by atoms with Gasteiger partial charge in [-0.05, 0) is 32.4 Å². The molecule has 0 heterocycles. The third kappa shape index (κ3) is 8.86. The largest absolute Gasteiger partial charge is 0.401 e. The van der Waals surface area contributed by atoms with Gasteiger partial charge in [0.1, 0.15) is 0 Å². The van der Waals surface area contributed by atoms with E-state index < -0.39 is 12.7 Å². The molecule has 0 aliphatic carbocycles. The van der Waals surface area contributed by atoms with Crippen molar-refractivity contribution < 1.29 is 13.2 Å². The monoisotopic (exact) mass is 281 g/mol. The second kappa shape index (κ2) is 7.72. The van der Waals surface area contributed by atoms with Crippen LogP contribution in [0.5, 0.6) is 0 Å². The smallest absolute Gasteiger partial charge is 0.387 e. The van der Waals surface area contributed by atoms with Crippen molar-refractivity contribution >= 4 is 5.84 Å². The van der Waals surface area contributed by atoms with Gasteiger partial charge in [-0.1, -0.05) is 27.2 Å². The van der Waals surface area contributed by atoms with Gasteiger partial charge in [0.05, 0.1) is 12.4 Å². The second-order valence-electron chi connectivity index (χ2n) is 5.65. The van der Waals surface area contributed by atoms with Crippen LogP contribution in [0.3, 0.4) is 0 Å². The number of amidine groups is 1. The molecule has 0 aliphatic heterocycles. The molecule has 0 bridgehead atoms. The molecular weight excluding hydrogens is 255 g/mol. The first-order valence-corrected chi connectivity index (χ1v) is 6.72. The second-order valence-corrected chi connectivity index (χ2v) is 5.65. The lowest BCUT2D eigenvalue weighted by Crippen LogP contribution is -2.36. The Morgan fingerprint density at radius 3 is 2.16 bits per heavy atom. The lowest BCUT2D eigenvalue weighted by Gasteiger charge is -2.25. The fourth-order valence-corrected chi connectivity index (χ4v) is 1.88. The molecule has 0 amide bonds. The molecule has 0 unspecified atom stereocenters. The first-order chi connectivity index (χ1) is 8.58. The van der Waals surface area contributed by atoms with Crippen molar-refractivity contribution in [1.29, 1.82) is 5.41 Å². The minimum Gasteiger partial charge on any atom is -0.387 e. The highest BCUT2D eigenvalue weighted by Crippen LogP contribution is 2.23. The van der Waals surface area contributed by atoms with Crippen molar-refractivity contribution in [3.05, 3.63) is 0 Å². The number of alkyl halides is 3. The maximum absolute atomic E-state index is 12.3. The molecule has 19 heavy (non-hydrogen) atoms. The van der Waals surface area contributed by atoms with Crippen molar-refractivity contribution in [1.82, 2.24) is 4.90 Å². The summed E-state index contributed by atoms with van der Waals surface area (Å²) < 4.78 is 37.0. The quantitative estimate of drug-likeness (QED) is 0.386. The molecule has 0 saturated carbocycles. The maximum Gasteiger partial charge on any atom is 0.401 e. The van der Waals surface area contributed by atoms with Crippen molar-refractivity contribution in [3.63, 3.8) is 0 Å². The van der Waals surface area contributed by atoms with Gasteiger partial charge in [-0.3, -0.25) is 10.3 Å². The summed E-state index contributed by atoms with van der Waals surface area (Å²) in [6, 6.07) is 0. The van der Waals surface area contributed by atoms with E-state index in [0.717, 1.165) is 19.3 Å². The number of unbranched alkanes of at least 4 members (excludes halogenated alkanes) is 1. The molecule has 0 aromatic carbocycles. The summed E-state index contributed by atoms with van der Waals surface area (Å²) in [4.78, 5) is 1.45. The summed E-state index contributed by atoms with van der Waals surface area (Å²) in [6.45, 7) is 5.72. The van der Waals surface area contributed by atoms with E-state index in [0.29, 0.717) is 19.5 Å². The van der Waals surface area contributed by atoms with E-state index >= 15 is 0 Å². The molecular formula is C13H26F3N3. The number of nitrogens with two attached hydrogens (primary N) is 1. The Bertz CT molecular complexity index is 275. The zero-order chi connectivity index (χ0) is 15.1. The van der Waals surface area contributed by atoms with Crippen molar-refractivity contribution in [2.75, 3.05) is 19.6 Å². The number of nitrogens with one attached hydrogen (secondary N) is 1. The molecule has 3 N–H and O–H groups in total. The Labute approximate surface area is 113 Å². The lowest BCUT2D eigenvalue weighted by molar-refractivity contribution is -0.146. The topological polar surface area (TPSA) is 53.1 Å². The SMILES string of the molecule is CCCN(CCCCC(C)(C)C(=N)N)CC(F)(F)F. The van der Waals surface area contributed by atoms with Crippen LogP contribution >= 0.6 is 0 Å². The summed E-state index contributed by atoms with van der Waals surface area (Å²) in [6.07, 6.45) is -1.20. The van der Waals surface area contributed by atoms with E-state index in [2.05, 4.69) is 0 Å². The Morgan fingerprint density at radius 1 is 1.16 bits per heavy atom. The van der Waals surface area contributed by atoms with E-state index in [4.69, 9.17) is 11.1 Å². The Balaban J connectivity index is 4.03. The maximum atomic E-state index is 12.3. The summed E-state index contributed by atoms with van der Waals surface area (Å²) in [5, 5.41) is 7.42. The third-order valence-corrected chi connectivity index (χ3v) is 3.20. The van der Waals surface area contributed by atoms with Gasteiger partial charge in [0.25, 0.3) is 0 Å². The summed E-state index contributed by atoms with van der Waals surface area (Å²) in [5.41, 5.74) is 5.11. The van der Waals surface area contributed by atoms with Gasteiger partial charge in [-0.15, -0.1) is 0 Å².